The summed E-state index contributed by atoms with van der Waals surface area (Å²) in [5.74, 6) is 1.26. The standard InChI is InChI=1S/C25H26ClN3O3/c1-17(19-6-8-20(9-7-19)25(30)31-2)28-24-23-22(10-12-27-24)32-15-14-29(23)13-11-18-4-3-5-21(26)16-18/h3-10,12,16-17H,11,13-15H2,1-2H3,(H,27,28)/t17-/m0/s1. The van der Waals surface area contributed by atoms with E-state index in [1.54, 1.807) is 18.3 Å². The molecule has 0 amide bonds. The number of hydrogen-bond donors (Lipinski definition) is 1. The van der Waals surface area contributed by atoms with Crippen LogP contribution >= 0.6 is 11.6 Å². The van der Waals surface area contributed by atoms with Crippen LogP contribution in [0.5, 0.6) is 5.75 Å². The second-order valence-electron chi connectivity index (χ2n) is 7.70. The van der Waals surface area contributed by atoms with Gasteiger partial charge in [-0.15, -0.1) is 0 Å². The Hall–Kier alpha value is -3.25. The molecule has 0 bridgehead atoms. The van der Waals surface area contributed by atoms with Crippen molar-refractivity contribution in [3.05, 3.63) is 82.5 Å². The summed E-state index contributed by atoms with van der Waals surface area (Å²) in [5.41, 5.74) is 3.74. The molecule has 0 radical (unpaired) electrons. The molecule has 0 saturated heterocycles. The highest BCUT2D eigenvalue weighted by atomic mass is 35.5. The van der Waals surface area contributed by atoms with Gasteiger partial charge >= 0.3 is 5.97 Å². The Bertz CT molecular complexity index is 1090. The predicted molar refractivity (Wildman–Crippen MR) is 127 cm³/mol. The molecule has 1 aliphatic rings. The number of halogens is 1. The molecule has 0 unspecified atom stereocenters. The van der Waals surface area contributed by atoms with Gasteiger partial charge in [0.05, 0.1) is 25.3 Å². The van der Waals surface area contributed by atoms with Crippen LogP contribution in [0.1, 0.15) is 34.5 Å². The van der Waals surface area contributed by atoms with Gasteiger partial charge in [-0.05, 0) is 48.7 Å². The molecule has 1 aliphatic heterocycles. The lowest BCUT2D eigenvalue weighted by molar-refractivity contribution is 0.0600. The number of carbonyl (C=O) groups is 1. The van der Waals surface area contributed by atoms with Gasteiger partial charge in [-0.3, -0.25) is 0 Å². The van der Waals surface area contributed by atoms with Crippen LogP contribution in [0.2, 0.25) is 5.02 Å². The highest BCUT2D eigenvalue weighted by Gasteiger charge is 2.23. The highest BCUT2D eigenvalue weighted by molar-refractivity contribution is 6.30. The number of methoxy groups -OCH3 is 1. The topological polar surface area (TPSA) is 63.7 Å². The number of ether oxygens (including phenoxy) is 2. The molecular weight excluding hydrogens is 426 g/mol. The molecule has 32 heavy (non-hydrogen) atoms. The number of anilines is 2. The number of esters is 1. The van der Waals surface area contributed by atoms with E-state index in [0.717, 1.165) is 47.4 Å². The van der Waals surface area contributed by atoms with E-state index in [1.165, 1.54) is 12.7 Å². The van der Waals surface area contributed by atoms with Crippen molar-refractivity contribution < 1.29 is 14.3 Å². The van der Waals surface area contributed by atoms with Gasteiger partial charge in [-0.25, -0.2) is 9.78 Å². The summed E-state index contributed by atoms with van der Waals surface area (Å²) in [6.45, 7) is 4.32. The van der Waals surface area contributed by atoms with Crippen LogP contribution in [0.15, 0.2) is 60.8 Å². The van der Waals surface area contributed by atoms with E-state index in [4.69, 9.17) is 21.1 Å². The lowest BCUT2D eigenvalue weighted by Gasteiger charge is -2.33. The molecule has 6 nitrogen and oxygen atoms in total. The van der Waals surface area contributed by atoms with Crippen molar-refractivity contribution in [3.63, 3.8) is 0 Å². The van der Waals surface area contributed by atoms with Crippen molar-refractivity contribution in [2.75, 3.05) is 37.0 Å². The molecule has 2 aromatic carbocycles. The number of carbonyl (C=O) groups excluding carboxylic acids is 1. The lowest BCUT2D eigenvalue weighted by Crippen LogP contribution is -2.35. The largest absolute Gasteiger partial charge is 0.489 e. The summed E-state index contributed by atoms with van der Waals surface area (Å²) in [4.78, 5) is 18.6. The second kappa shape index (κ2) is 9.92. The van der Waals surface area contributed by atoms with E-state index < -0.39 is 0 Å². The molecule has 1 aromatic heterocycles. The Labute approximate surface area is 193 Å². The Morgan fingerprint density at radius 2 is 2.06 bits per heavy atom. The van der Waals surface area contributed by atoms with Gasteiger partial charge in [0.25, 0.3) is 0 Å². The number of rotatable bonds is 7. The van der Waals surface area contributed by atoms with Gasteiger partial charge in [-0.2, -0.15) is 0 Å². The van der Waals surface area contributed by atoms with Gasteiger partial charge in [0.15, 0.2) is 5.82 Å². The molecule has 4 rings (SSSR count). The first-order chi connectivity index (χ1) is 15.5. The van der Waals surface area contributed by atoms with Crippen LogP contribution in [-0.2, 0) is 11.2 Å². The smallest absolute Gasteiger partial charge is 0.337 e. The fourth-order valence-electron chi connectivity index (χ4n) is 3.84. The minimum atomic E-state index is -0.344. The zero-order valence-corrected chi connectivity index (χ0v) is 18.9. The van der Waals surface area contributed by atoms with Crippen LogP contribution in [0, 0.1) is 0 Å². The summed E-state index contributed by atoms with van der Waals surface area (Å²) in [5, 5.41) is 4.27. The average molecular weight is 452 g/mol. The third kappa shape index (κ3) is 4.97. The summed E-state index contributed by atoms with van der Waals surface area (Å²) < 4.78 is 10.7. The summed E-state index contributed by atoms with van der Waals surface area (Å²) >= 11 is 6.14. The predicted octanol–water partition coefficient (Wildman–Crippen LogP) is 5.14. The maximum Gasteiger partial charge on any atom is 0.337 e. The molecule has 0 saturated carbocycles. The van der Waals surface area contributed by atoms with E-state index >= 15 is 0 Å². The third-order valence-corrected chi connectivity index (χ3v) is 5.80. The minimum absolute atomic E-state index is 0.0163. The minimum Gasteiger partial charge on any atom is -0.489 e. The first-order valence-corrected chi connectivity index (χ1v) is 11.0. The van der Waals surface area contributed by atoms with Gasteiger partial charge in [0.1, 0.15) is 18.0 Å². The number of nitrogens with one attached hydrogen (secondary N) is 1. The number of hydrogen-bond acceptors (Lipinski definition) is 6. The zero-order chi connectivity index (χ0) is 22.5. The molecule has 2 heterocycles. The van der Waals surface area contributed by atoms with Crippen molar-refractivity contribution in [2.45, 2.75) is 19.4 Å². The van der Waals surface area contributed by atoms with Gasteiger partial charge < -0.3 is 19.7 Å². The Morgan fingerprint density at radius 3 is 2.81 bits per heavy atom. The fraction of sp³-hybridized carbons (Fsp3) is 0.280. The molecule has 1 atom stereocenters. The summed E-state index contributed by atoms with van der Waals surface area (Å²) in [6.07, 6.45) is 2.63. The summed E-state index contributed by atoms with van der Waals surface area (Å²) in [7, 11) is 1.38. The van der Waals surface area contributed by atoms with Crippen molar-refractivity contribution in [2.24, 2.45) is 0 Å². The molecule has 1 N–H and O–H groups in total. The summed E-state index contributed by atoms with van der Waals surface area (Å²) in [6, 6.07) is 17.2. The average Bonchev–Trinajstić information content (AvgIpc) is 2.82. The van der Waals surface area contributed by atoms with Gasteiger partial charge in [0, 0.05) is 23.8 Å². The SMILES string of the molecule is COC(=O)c1ccc([C@H](C)Nc2nccc3c2N(CCc2cccc(Cl)c2)CCO3)cc1. The Morgan fingerprint density at radius 1 is 1.25 bits per heavy atom. The molecule has 0 aliphatic carbocycles. The van der Waals surface area contributed by atoms with E-state index in [9.17, 15) is 4.79 Å². The number of aromatic nitrogens is 1. The third-order valence-electron chi connectivity index (χ3n) is 5.57. The normalized spacial score (nSPS) is 13.7. The first-order valence-electron chi connectivity index (χ1n) is 10.6. The number of fused-ring (bicyclic) bond motifs is 1. The first kappa shape index (κ1) is 22.0. The van der Waals surface area contributed by atoms with Crippen molar-refractivity contribution in [3.8, 4) is 5.75 Å². The van der Waals surface area contributed by atoms with Gasteiger partial charge in [-0.1, -0.05) is 35.9 Å². The highest BCUT2D eigenvalue weighted by Crippen LogP contribution is 2.38. The second-order valence-corrected chi connectivity index (χ2v) is 8.14. The molecular formula is C25H26ClN3O3. The van der Waals surface area contributed by atoms with Gasteiger partial charge in [0.2, 0.25) is 0 Å². The van der Waals surface area contributed by atoms with E-state index in [-0.39, 0.29) is 12.0 Å². The van der Waals surface area contributed by atoms with Crippen LogP contribution in [-0.4, -0.2) is 37.8 Å². The zero-order valence-electron chi connectivity index (χ0n) is 18.2. The van der Waals surface area contributed by atoms with Crippen LogP contribution < -0.4 is 15.0 Å². The van der Waals surface area contributed by atoms with Crippen LogP contribution in [0.4, 0.5) is 11.5 Å². The fourth-order valence-corrected chi connectivity index (χ4v) is 4.05. The van der Waals surface area contributed by atoms with Crippen LogP contribution in [0.3, 0.4) is 0 Å². The Kier molecular flexibility index (Phi) is 6.81. The number of nitrogens with zero attached hydrogens (tertiary/aromatic N) is 2. The number of pyridine rings is 1. The van der Waals surface area contributed by atoms with Crippen molar-refractivity contribution >= 4 is 29.1 Å². The molecule has 0 spiro atoms. The molecule has 7 heteroatoms. The molecule has 3 aromatic rings. The van der Waals surface area contributed by atoms with E-state index in [1.807, 2.05) is 36.4 Å². The maximum absolute atomic E-state index is 11.7. The quantitative estimate of drug-likeness (QED) is 0.502. The Balaban J connectivity index is 1.52. The van der Waals surface area contributed by atoms with Crippen molar-refractivity contribution in [1.29, 1.82) is 0 Å². The van der Waals surface area contributed by atoms with E-state index in [0.29, 0.717) is 12.2 Å². The monoisotopic (exact) mass is 451 g/mol. The lowest BCUT2D eigenvalue weighted by atomic mass is 10.1. The molecule has 0 fully saturated rings. The maximum atomic E-state index is 11.7. The van der Waals surface area contributed by atoms with Crippen molar-refractivity contribution in [1.82, 2.24) is 4.98 Å². The van der Waals surface area contributed by atoms with Crippen LogP contribution in [0.25, 0.3) is 0 Å². The molecule has 166 valence electrons. The number of benzene rings is 2. The van der Waals surface area contributed by atoms with E-state index in [2.05, 4.69) is 28.2 Å².